The molecule has 0 radical (unpaired) electrons. The minimum atomic E-state index is -0.962. The fourth-order valence-electron chi connectivity index (χ4n) is 3.12. The van der Waals surface area contributed by atoms with Crippen LogP contribution < -0.4 is 5.23 Å². The minimum absolute atomic E-state index is 0.157. The summed E-state index contributed by atoms with van der Waals surface area (Å²) in [5.74, 6) is -0.723. The molecule has 3 aromatic carbocycles. The maximum absolute atomic E-state index is 12.2. The number of fused-ring (bicyclic) bond motifs is 1. The quantitative estimate of drug-likeness (QED) is 0.296. The highest BCUT2D eigenvalue weighted by Crippen LogP contribution is 2.35. The molecule has 0 aliphatic heterocycles. The molecule has 2 N–H and O–H groups in total. The molecule has 0 unspecified atom stereocenters. The predicted octanol–water partition coefficient (Wildman–Crippen LogP) is 4.99. The van der Waals surface area contributed by atoms with Crippen LogP contribution in [0.1, 0.15) is 0 Å². The number of benzene rings is 3. The molecule has 0 fully saturated rings. The monoisotopic (exact) mass is 455 g/mol. The molecule has 0 spiro atoms. The molecule has 1 aromatic heterocycles. The van der Waals surface area contributed by atoms with Crippen molar-refractivity contribution in [3.05, 3.63) is 64.8 Å². The van der Waals surface area contributed by atoms with Crippen LogP contribution in [0.2, 0.25) is 5.02 Å². The second-order valence-electron chi connectivity index (χ2n) is 6.54. The van der Waals surface area contributed by atoms with Gasteiger partial charge in [0.25, 0.3) is 0 Å². The fourth-order valence-corrected chi connectivity index (χ4v) is 3.93. The van der Waals surface area contributed by atoms with Gasteiger partial charge in [-0.2, -0.15) is 0 Å². The Bertz CT molecular complexity index is 1260. The first kappa shape index (κ1) is 21.1. The van der Waals surface area contributed by atoms with Gasteiger partial charge in [0, 0.05) is 16.0 Å². The first-order chi connectivity index (χ1) is 14.9. The van der Waals surface area contributed by atoms with E-state index in [1.54, 1.807) is 12.1 Å². The number of aromatic nitrogens is 3. The van der Waals surface area contributed by atoms with Crippen LogP contribution in [0.15, 0.2) is 59.8 Å². The Morgan fingerprint density at radius 3 is 2.71 bits per heavy atom. The molecule has 8 nitrogen and oxygen atoms in total. The summed E-state index contributed by atoms with van der Waals surface area (Å²) in [4.78, 5) is 19.9. The third-order valence-electron chi connectivity index (χ3n) is 4.50. The van der Waals surface area contributed by atoms with Crippen molar-refractivity contribution in [3.63, 3.8) is 0 Å². The van der Waals surface area contributed by atoms with Crippen LogP contribution >= 0.6 is 23.4 Å². The Morgan fingerprint density at radius 1 is 1.19 bits per heavy atom. The van der Waals surface area contributed by atoms with Gasteiger partial charge in [-0.25, -0.2) is 4.98 Å². The molecule has 0 atom stereocenters. The summed E-state index contributed by atoms with van der Waals surface area (Å²) in [6.45, 7) is 0. The van der Waals surface area contributed by atoms with Crippen molar-refractivity contribution in [1.29, 1.82) is 0 Å². The first-order valence-electron chi connectivity index (χ1n) is 9.07. The van der Waals surface area contributed by atoms with Crippen LogP contribution in [-0.2, 0) is 9.63 Å². The molecule has 0 saturated heterocycles. The Labute approximate surface area is 186 Å². The molecule has 0 bridgehead atoms. The van der Waals surface area contributed by atoms with Crippen molar-refractivity contribution in [2.24, 2.45) is 0 Å². The SMILES string of the molecule is CON([O-])c1cc(-c2cc(Cl)c3ccccc3c2)cc(-c2nc(SCC(=O)O)n[nH]2)c1. The number of anilines is 1. The third-order valence-corrected chi connectivity index (χ3v) is 5.65. The van der Waals surface area contributed by atoms with Gasteiger partial charge in [-0.3, -0.25) is 14.7 Å². The number of halogens is 1. The molecule has 0 saturated carbocycles. The molecule has 0 aliphatic rings. The van der Waals surface area contributed by atoms with Crippen LogP contribution in [0.5, 0.6) is 0 Å². The Balaban J connectivity index is 1.80. The van der Waals surface area contributed by atoms with Gasteiger partial charge in [-0.15, -0.1) is 5.10 Å². The van der Waals surface area contributed by atoms with E-state index >= 15 is 0 Å². The van der Waals surface area contributed by atoms with E-state index < -0.39 is 5.97 Å². The zero-order chi connectivity index (χ0) is 22.0. The number of H-pyrrole nitrogens is 1. The second kappa shape index (κ2) is 8.94. The molecular formula is C21H16ClN4O4S-. The van der Waals surface area contributed by atoms with Gasteiger partial charge < -0.3 is 15.5 Å². The predicted molar refractivity (Wildman–Crippen MR) is 121 cm³/mol. The Morgan fingerprint density at radius 2 is 1.94 bits per heavy atom. The standard InChI is InChI=1S/C21H16ClN4O4S/c1-30-26(29)16-8-13(14-6-12-4-2-3-5-17(12)18(22)10-14)7-15(9-16)20-23-21(25-24-20)31-11-19(27)28/h2-10H,11H2,1H3,(H,27,28)(H,23,24,25)/q-1. The minimum Gasteiger partial charge on any atom is -0.733 e. The van der Waals surface area contributed by atoms with Crippen LogP contribution in [0, 0.1) is 5.21 Å². The van der Waals surface area contributed by atoms with Crippen LogP contribution in [0.3, 0.4) is 0 Å². The number of hydrogen-bond donors (Lipinski definition) is 2. The maximum atomic E-state index is 12.2. The fraction of sp³-hybridized carbons (Fsp3) is 0.0952. The highest BCUT2D eigenvalue weighted by molar-refractivity contribution is 7.99. The van der Waals surface area contributed by atoms with Crippen LogP contribution in [0.4, 0.5) is 5.69 Å². The lowest BCUT2D eigenvalue weighted by Gasteiger charge is -2.27. The molecule has 158 valence electrons. The Kier molecular flexibility index (Phi) is 6.10. The number of thioether (sulfide) groups is 1. The zero-order valence-corrected chi connectivity index (χ0v) is 17.8. The molecule has 0 amide bonds. The smallest absolute Gasteiger partial charge is 0.313 e. The van der Waals surface area contributed by atoms with Crippen molar-refractivity contribution in [2.75, 3.05) is 18.1 Å². The highest BCUT2D eigenvalue weighted by atomic mass is 35.5. The van der Waals surface area contributed by atoms with Gasteiger partial charge in [0.15, 0.2) is 5.82 Å². The largest absolute Gasteiger partial charge is 0.733 e. The average molecular weight is 456 g/mol. The zero-order valence-electron chi connectivity index (χ0n) is 16.2. The van der Waals surface area contributed by atoms with E-state index in [9.17, 15) is 10.0 Å². The van der Waals surface area contributed by atoms with Gasteiger partial charge in [0.2, 0.25) is 5.16 Å². The van der Waals surface area contributed by atoms with Gasteiger partial charge in [0.1, 0.15) is 0 Å². The lowest BCUT2D eigenvalue weighted by atomic mass is 9.98. The number of carboxylic acid groups (broad SMARTS) is 1. The number of carboxylic acids is 1. The van der Waals surface area contributed by atoms with E-state index in [2.05, 4.69) is 15.2 Å². The second-order valence-corrected chi connectivity index (χ2v) is 7.89. The molecule has 31 heavy (non-hydrogen) atoms. The third kappa shape index (κ3) is 4.64. The van der Waals surface area contributed by atoms with E-state index in [0.717, 1.165) is 33.7 Å². The van der Waals surface area contributed by atoms with Crippen LogP contribution in [-0.4, -0.2) is 39.1 Å². The average Bonchev–Trinajstić information content (AvgIpc) is 3.26. The van der Waals surface area contributed by atoms with Gasteiger partial charge in [-0.05, 0) is 46.8 Å². The Hall–Kier alpha value is -3.11. The first-order valence-corrected chi connectivity index (χ1v) is 10.4. The number of carbonyl (C=O) groups is 1. The van der Waals surface area contributed by atoms with Crippen molar-refractivity contribution in [3.8, 4) is 22.5 Å². The summed E-state index contributed by atoms with van der Waals surface area (Å²) < 4.78 is 0. The molecular weight excluding hydrogens is 440 g/mol. The van der Waals surface area contributed by atoms with Crippen LogP contribution in [0.25, 0.3) is 33.3 Å². The summed E-state index contributed by atoms with van der Waals surface area (Å²) in [5.41, 5.74) is 2.39. The van der Waals surface area contributed by atoms with E-state index in [0.29, 0.717) is 26.8 Å². The van der Waals surface area contributed by atoms with E-state index in [1.165, 1.54) is 7.11 Å². The molecule has 4 aromatic rings. The van der Waals surface area contributed by atoms with E-state index in [-0.39, 0.29) is 11.4 Å². The van der Waals surface area contributed by atoms with Crippen molar-refractivity contribution in [1.82, 2.24) is 15.2 Å². The number of rotatable bonds is 7. The molecule has 1 heterocycles. The molecule has 10 heteroatoms. The number of aromatic amines is 1. The highest BCUT2D eigenvalue weighted by Gasteiger charge is 2.13. The summed E-state index contributed by atoms with van der Waals surface area (Å²) in [6.07, 6.45) is 0. The number of aliphatic carboxylic acids is 1. The molecule has 4 rings (SSSR count). The van der Waals surface area contributed by atoms with E-state index in [1.807, 2.05) is 42.5 Å². The van der Waals surface area contributed by atoms with Crippen molar-refractivity contribution in [2.45, 2.75) is 5.16 Å². The number of hydrogen-bond acceptors (Lipinski definition) is 7. The molecule has 0 aliphatic carbocycles. The van der Waals surface area contributed by atoms with E-state index in [4.69, 9.17) is 21.5 Å². The lowest BCUT2D eigenvalue weighted by molar-refractivity contribution is -0.133. The number of nitrogens with zero attached hydrogens (tertiary/aromatic N) is 3. The normalized spacial score (nSPS) is 11.1. The number of nitrogens with one attached hydrogen (secondary N) is 1. The lowest BCUT2D eigenvalue weighted by Crippen LogP contribution is -2.12. The van der Waals surface area contributed by atoms with Crippen molar-refractivity contribution < 1.29 is 14.7 Å². The summed E-state index contributed by atoms with van der Waals surface area (Å²) in [5, 5.41) is 31.0. The van der Waals surface area contributed by atoms with Crippen molar-refractivity contribution >= 4 is 45.8 Å². The van der Waals surface area contributed by atoms with Gasteiger partial charge in [-0.1, -0.05) is 47.6 Å². The van der Waals surface area contributed by atoms with Gasteiger partial charge >= 0.3 is 5.97 Å². The topological polar surface area (TPSA) is 114 Å². The maximum Gasteiger partial charge on any atom is 0.313 e. The van der Waals surface area contributed by atoms with Gasteiger partial charge in [0.05, 0.1) is 18.6 Å². The summed E-state index contributed by atoms with van der Waals surface area (Å²) >= 11 is 7.48. The summed E-state index contributed by atoms with van der Waals surface area (Å²) in [6, 6.07) is 16.7. The summed E-state index contributed by atoms with van der Waals surface area (Å²) in [7, 11) is 1.28.